The summed E-state index contributed by atoms with van der Waals surface area (Å²) in [6.45, 7) is 16.4. The first-order chi connectivity index (χ1) is 6.81. The van der Waals surface area contributed by atoms with Crippen molar-refractivity contribution in [3.05, 3.63) is 37.0 Å². The Bertz CT molecular complexity index is 129. The van der Waals surface area contributed by atoms with Gasteiger partial charge in [0, 0.05) is 0 Å². The van der Waals surface area contributed by atoms with Crippen LogP contribution >= 0.6 is 0 Å². The van der Waals surface area contributed by atoms with Crippen molar-refractivity contribution in [1.82, 2.24) is 0 Å². The lowest BCUT2D eigenvalue weighted by molar-refractivity contribution is 1.02. The highest BCUT2D eigenvalue weighted by atomic mass is 13.9. The molecule has 0 saturated heterocycles. The Balaban J connectivity index is -0.000000148. The highest BCUT2D eigenvalue weighted by molar-refractivity contribution is 5.18. The van der Waals surface area contributed by atoms with Crippen LogP contribution in [0, 0.1) is 0 Å². The van der Waals surface area contributed by atoms with Gasteiger partial charge in [-0.15, -0.1) is 13.2 Å². The van der Waals surface area contributed by atoms with Gasteiger partial charge in [0.1, 0.15) is 0 Å². The molecule has 0 bridgehead atoms. The molecule has 1 aliphatic carbocycles. The summed E-state index contributed by atoms with van der Waals surface area (Å²) in [5.41, 5.74) is 1.41. The van der Waals surface area contributed by atoms with E-state index >= 15 is 0 Å². The average molecular weight is 196 g/mol. The molecule has 0 aliphatic heterocycles. The van der Waals surface area contributed by atoms with Gasteiger partial charge in [-0.2, -0.15) is 0 Å². The first kappa shape index (κ1) is 18.9. The molecule has 0 nitrogen and oxygen atoms in total. The topological polar surface area (TPSA) is 0 Å². The van der Waals surface area contributed by atoms with Gasteiger partial charge < -0.3 is 0 Å². The van der Waals surface area contributed by atoms with Crippen molar-refractivity contribution in [3.63, 3.8) is 0 Å². The van der Waals surface area contributed by atoms with Crippen LogP contribution in [0.1, 0.15) is 53.9 Å². The third-order valence-corrected chi connectivity index (χ3v) is 1.18. The van der Waals surface area contributed by atoms with Crippen LogP contribution in [0.4, 0.5) is 0 Å². The van der Waals surface area contributed by atoms with Crippen LogP contribution in [-0.4, -0.2) is 0 Å². The summed E-state index contributed by atoms with van der Waals surface area (Å²) in [4.78, 5) is 0. The van der Waals surface area contributed by atoms with Crippen LogP contribution < -0.4 is 0 Å². The van der Waals surface area contributed by atoms with E-state index in [0.29, 0.717) is 0 Å². The van der Waals surface area contributed by atoms with E-state index in [1.54, 1.807) is 0 Å². The maximum absolute atomic E-state index is 3.00. The number of hydrogen-bond acceptors (Lipinski definition) is 0. The Morgan fingerprint density at radius 1 is 1.14 bits per heavy atom. The third kappa shape index (κ3) is 22.5. The minimum Gasteiger partial charge on any atom is -0.106 e. The second-order valence-electron chi connectivity index (χ2n) is 2.63. The molecule has 0 saturated carbocycles. The lowest BCUT2D eigenvalue weighted by Gasteiger charge is -1.96. The summed E-state index contributed by atoms with van der Waals surface area (Å²) in [5, 5.41) is 0. The molecular formula is C14H28. The Hall–Kier alpha value is -0.780. The molecule has 0 heterocycles. The smallest absolute Gasteiger partial charge is 0.0310 e. The van der Waals surface area contributed by atoms with E-state index in [2.05, 4.69) is 52.2 Å². The molecule has 0 N–H and O–H groups in total. The lowest BCUT2D eigenvalue weighted by Crippen LogP contribution is -1.76. The van der Waals surface area contributed by atoms with Gasteiger partial charge in [-0.1, -0.05) is 57.9 Å². The summed E-state index contributed by atoms with van der Waals surface area (Å²) in [7, 11) is 0. The van der Waals surface area contributed by atoms with Crippen molar-refractivity contribution < 1.29 is 0 Å². The van der Waals surface area contributed by atoms with E-state index in [9.17, 15) is 0 Å². The van der Waals surface area contributed by atoms with E-state index in [-0.39, 0.29) is 0 Å². The van der Waals surface area contributed by atoms with Crippen LogP contribution in [0.3, 0.4) is 0 Å². The standard InChI is InChI=1S/C7H10.C3H8.C2H6.C2H4/c1-7-5-3-2-4-6-7;1-3-2;2*1-2/h3,5-6H,2,4H2,1H3;3H2,1-2H3;1-2H3;1-2H2. The quantitative estimate of drug-likeness (QED) is 0.447. The molecule has 1 rings (SSSR count). The largest absolute Gasteiger partial charge is 0.106 e. The molecule has 0 aromatic rings. The van der Waals surface area contributed by atoms with Crippen LogP contribution in [0.5, 0.6) is 0 Å². The normalized spacial score (nSPS) is 11.6. The van der Waals surface area contributed by atoms with Gasteiger partial charge in [0.25, 0.3) is 0 Å². The highest BCUT2D eigenvalue weighted by Gasteiger charge is 1.86. The van der Waals surface area contributed by atoms with Crippen molar-refractivity contribution in [2.24, 2.45) is 0 Å². The molecule has 14 heavy (non-hydrogen) atoms. The molecule has 0 aromatic carbocycles. The maximum atomic E-state index is 3.00. The Kier molecular flexibility index (Phi) is 30.7. The van der Waals surface area contributed by atoms with Crippen LogP contribution in [0.2, 0.25) is 0 Å². The average Bonchev–Trinajstić information content (AvgIpc) is 2.26. The molecular weight excluding hydrogens is 168 g/mol. The fourth-order valence-electron chi connectivity index (χ4n) is 0.744. The van der Waals surface area contributed by atoms with Gasteiger partial charge in [-0.25, -0.2) is 0 Å². The lowest BCUT2D eigenvalue weighted by atomic mass is 10.1. The zero-order valence-electron chi connectivity index (χ0n) is 10.8. The molecule has 0 unspecified atom stereocenters. The van der Waals surface area contributed by atoms with E-state index < -0.39 is 0 Å². The molecule has 0 atom stereocenters. The number of allylic oxidation sites excluding steroid dienone is 4. The summed E-state index contributed by atoms with van der Waals surface area (Å²) in [5.74, 6) is 0. The van der Waals surface area contributed by atoms with Gasteiger partial charge in [-0.3, -0.25) is 0 Å². The predicted molar refractivity (Wildman–Crippen MR) is 70.7 cm³/mol. The van der Waals surface area contributed by atoms with E-state index in [1.165, 1.54) is 24.8 Å². The number of rotatable bonds is 0. The second-order valence-corrected chi connectivity index (χ2v) is 2.63. The van der Waals surface area contributed by atoms with Crippen molar-refractivity contribution in [2.75, 3.05) is 0 Å². The van der Waals surface area contributed by atoms with Crippen molar-refractivity contribution >= 4 is 0 Å². The van der Waals surface area contributed by atoms with Crippen LogP contribution in [0.15, 0.2) is 37.0 Å². The zero-order chi connectivity index (χ0) is 11.8. The summed E-state index contributed by atoms with van der Waals surface area (Å²) in [6, 6.07) is 0. The van der Waals surface area contributed by atoms with Gasteiger partial charge in [0.05, 0.1) is 0 Å². The summed E-state index contributed by atoms with van der Waals surface area (Å²) < 4.78 is 0. The minimum absolute atomic E-state index is 1.23. The minimum atomic E-state index is 1.23. The Morgan fingerprint density at radius 2 is 1.57 bits per heavy atom. The summed E-state index contributed by atoms with van der Waals surface area (Å²) in [6.07, 6.45) is 10.4. The van der Waals surface area contributed by atoms with Gasteiger partial charge >= 0.3 is 0 Å². The van der Waals surface area contributed by atoms with Gasteiger partial charge in [-0.05, 0) is 19.8 Å². The van der Waals surface area contributed by atoms with Gasteiger partial charge in [0.2, 0.25) is 0 Å². The van der Waals surface area contributed by atoms with Crippen molar-refractivity contribution in [1.29, 1.82) is 0 Å². The Labute approximate surface area is 91.4 Å². The van der Waals surface area contributed by atoms with Crippen molar-refractivity contribution in [3.8, 4) is 0 Å². The molecule has 1 aliphatic rings. The highest BCUT2D eigenvalue weighted by Crippen LogP contribution is 2.06. The monoisotopic (exact) mass is 196 g/mol. The molecule has 0 heteroatoms. The molecule has 0 radical (unpaired) electrons. The fraction of sp³-hybridized carbons (Fsp3) is 0.571. The molecule has 0 aromatic heterocycles. The molecule has 0 spiro atoms. The first-order valence-corrected chi connectivity index (χ1v) is 5.64. The molecule has 84 valence electrons. The maximum Gasteiger partial charge on any atom is -0.0310 e. The zero-order valence-corrected chi connectivity index (χ0v) is 10.8. The van der Waals surface area contributed by atoms with Crippen molar-refractivity contribution in [2.45, 2.75) is 53.9 Å². The number of hydrogen-bond donors (Lipinski definition) is 0. The fourth-order valence-corrected chi connectivity index (χ4v) is 0.744. The van der Waals surface area contributed by atoms with E-state index in [0.717, 1.165) is 0 Å². The predicted octanol–water partition coefficient (Wildman–Crippen LogP) is 5.53. The van der Waals surface area contributed by atoms with Crippen LogP contribution in [0.25, 0.3) is 0 Å². The Morgan fingerprint density at radius 3 is 1.71 bits per heavy atom. The summed E-state index contributed by atoms with van der Waals surface area (Å²) >= 11 is 0. The molecule has 0 amide bonds. The van der Waals surface area contributed by atoms with Crippen LogP contribution in [-0.2, 0) is 0 Å². The van der Waals surface area contributed by atoms with E-state index in [4.69, 9.17) is 0 Å². The second kappa shape index (κ2) is 22.8. The van der Waals surface area contributed by atoms with Gasteiger partial charge in [0.15, 0.2) is 0 Å². The third-order valence-electron chi connectivity index (χ3n) is 1.18. The molecule has 0 fully saturated rings. The SMILES string of the molecule is C=C.CC.CC1=CCCC=C1.CCC. The first-order valence-electron chi connectivity index (χ1n) is 5.64. The van der Waals surface area contributed by atoms with E-state index in [1.807, 2.05) is 13.8 Å².